The third-order valence-corrected chi connectivity index (χ3v) is 8.53. The molecule has 0 heterocycles. The summed E-state index contributed by atoms with van der Waals surface area (Å²) >= 11 is 0. The van der Waals surface area contributed by atoms with Gasteiger partial charge in [0.1, 0.15) is 10.1 Å². The zero-order chi connectivity index (χ0) is 32.1. The highest BCUT2D eigenvalue weighted by Crippen LogP contribution is 2.13. The van der Waals surface area contributed by atoms with Crippen LogP contribution in [0.25, 0.3) is 0 Å². The standard InChI is InChI=1S/C19H42N.2C7H8O3S.H3N/c1-5-6-7-8-9-10-11-12-13-14-15-16-17-18-19-20(2,3)4;2*1-6-2-4-7(5-3-6)11(8,9)10;/h5-19H2,1-4H3;2*2-5H,1H3,(H,8,9,10);1H3/q+1;;;/p-1. The molecule has 0 atom stereocenters. The summed E-state index contributed by atoms with van der Waals surface area (Å²) in [6, 6.07) is 11.8. The van der Waals surface area contributed by atoms with Crippen LogP contribution in [0.4, 0.5) is 0 Å². The fourth-order valence-electron chi connectivity index (χ4n) is 4.20. The van der Waals surface area contributed by atoms with Crippen molar-refractivity contribution in [3.8, 4) is 0 Å². The van der Waals surface area contributed by atoms with Crippen LogP contribution < -0.4 is 6.15 Å². The lowest BCUT2D eigenvalue weighted by molar-refractivity contribution is -0.870. The summed E-state index contributed by atoms with van der Waals surface area (Å²) in [6.07, 6.45) is 20.4. The van der Waals surface area contributed by atoms with Gasteiger partial charge >= 0.3 is 0 Å². The number of hydrogen-bond donors (Lipinski definition) is 2. The van der Waals surface area contributed by atoms with E-state index in [0.717, 1.165) is 15.6 Å². The molecule has 0 aromatic heterocycles. The summed E-state index contributed by atoms with van der Waals surface area (Å²) in [4.78, 5) is -0.244. The lowest BCUT2D eigenvalue weighted by Crippen LogP contribution is -2.35. The predicted octanol–water partition coefficient (Wildman–Crippen LogP) is 8.48. The zero-order valence-corrected chi connectivity index (χ0v) is 29.3. The third-order valence-electron chi connectivity index (χ3n) is 6.81. The van der Waals surface area contributed by atoms with E-state index < -0.39 is 20.2 Å². The molecule has 2 rings (SSSR count). The molecule has 0 fully saturated rings. The van der Waals surface area contributed by atoms with Crippen molar-refractivity contribution in [1.82, 2.24) is 6.15 Å². The van der Waals surface area contributed by atoms with Crippen molar-refractivity contribution in [1.29, 1.82) is 0 Å². The highest BCUT2D eigenvalue weighted by molar-refractivity contribution is 7.86. The van der Waals surface area contributed by atoms with Crippen LogP contribution in [0.15, 0.2) is 58.3 Å². The molecule has 0 aliphatic rings. The van der Waals surface area contributed by atoms with E-state index in [9.17, 15) is 21.4 Å². The molecule has 0 aliphatic carbocycles. The monoisotopic (exact) mass is 644 g/mol. The molecule has 2 aromatic carbocycles. The van der Waals surface area contributed by atoms with Crippen LogP contribution in [-0.2, 0) is 20.2 Å². The van der Waals surface area contributed by atoms with Gasteiger partial charge in [-0.3, -0.25) is 4.55 Å². The Balaban J connectivity index is 0. The van der Waals surface area contributed by atoms with Gasteiger partial charge in [0.25, 0.3) is 10.1 Å². The van der Waals surface area contributed by atoms with Gasteiger partial charge in [0.05, 0.1) is 37.5 Å². The first kappa shape index (κ1) is 43.3. The van der Waals surface area contributed by atoms with Gasteiger partial charge in [0.2, 0.25) is 0 Å². The van der Waals surface area contributed by atoms with Crippen LogP contribution >= 0.6 is 0 Å². The normalized spacial score (nSPS) is 11.4. The summed E-state index contributed by atoms with van der Waals surface area (Å²) in [5, 5.41) is 0. The Morgan fingerprint density at radius 3 is 1.16 bits per heavy atom. The summed E-state index contributed by atoms with van der Waals surface area (Å²) < 4.78 is 61.8. The predicted molar refractivity (Wildman–Crippen MR) is 178 cm³/mol. The molecule has 250 valence electrons. The molecule has 0 unspecified atom stereocenters. The smallest absolute Gasteiger partial charge is 0.294 e. The lowest BCUT2D eigenvalue weighted by Gasteiger charge is -2.23. The Morgan fingerprint density at radius 2 is 0.884 bits per heavy atom. The quantitative estimate of drug-likeness (QED) is 0.0997. The molecule has 0 saturated carbocycles. The van der Waals surface area contributed by atoms with Gasteiger partial charge in [-0.1, -0.05) is 119 Å². The van der Waals surface area contributed by atoms with Crippen molar-refractivity contribution in [2.24, 2.45) is 0 Å². The summed E-state index contributed by atoms with van der Waals surface area (Å²) in [5.41, 5.74) is 1.88. The molecule has 8 nitrogen and oxygen atoms in total. The van der Waals surface area contributed by atoms with Crippen LogP contribution in [0, 0.1) is 13.8 Å². The minimum Gasteiger partial charge on any atom is -0.744 e. The fraction of sp³-hybridized carbons (Fsp3) is 0.636. The maximum atomic E-state index is 10.5. The van der Waals surface area contributed by atoms with Crippen LogP contribution in [0.5, 0.6) is 0 Å². The Bertz CT molecular complexity index is 1090. The molecule has 0 saturated heterocycles. The van der Waals surface area contributed by atoms with E-state index in [1.807, 2.05) is 13.8 Å². The van der Waals surface area contributed by atoms with Crippen molar-refractivity contribution in [3.63, 3.8) is 0 Å². The molecule has 43 heavy (non-hydrogen) atoms. The van der Waals surface area contributed by atoms with Crippen LogP contribution in [0.2, 0.25) is 0 Å². The highest BCUT2D eigenvalue weighted by Gasteiger charge is 2.07. The van der Waals surface area contributed by atoms with E-state index in [-0.39, 0.29) is 15.9 Å². The molecule has 4 N–H and O–H groups in total. The maximum absolute atomic E-state index is 10.5. The van der Waals surface area contributed by atoms with Gasteiger partial charge in [-0.2, -0.15) is 8.42 Å². The SMILES string of the molecule is CCCCCCCCCCCCCCCC[N+](C)(C)C.Cc1ccc(S(=O)(=O)O)cc1.Cc1ccc(S(=O)(=O)[O-])cc1.N. The summed E-state index contributed by atoms with van der Waals surface area (Å²) in [5.74, 6) is 0. The second-order valence-corrected chi connectivity index (χ2v) is 15.0. The van der Waals surface area contributed by atoms with E-state index >= 15 is 0 Å². The van der Waals surface area contributed by atoms with E-state index in [1.165, 1.54) is 121 Å². The van der Waals surface area contributed by atoms with Crippen LogP contribution in [0.1, 0.15) is 108 Å². The Labute approximate surface area is 264 Å². The third kappa shape index (κ3) is 26.3. The van der Waals surface area contributed by atoms with E-state index in [4.69, 9.17) is 4.55 Å². The Morgan fingerprint density at radius 1 is 0.581 bits per heavy atom. The number of benzene rings is 2. The van der Waals surface area contributed by atoms with Gasteiger partial charge in [0.15, 0.2) is 0 Å². The van der Waals surface area contributed by atoms with Crippen molar-refractivity contribution in [2.75, 3.05) is 27.7 Å². The first-order valence-corrected chi connectivity index (χ1v) is 18.3. The average Bonchev–Trinajstić information content (AvgIpc) is 2.88. The minimum atomic E-state index is -4.27. The van der Waals surface area contributed by atoms with Gasteiger partial charge in [-0.25, -0.2) is 8.42 Å². The number of hydrogen-bond acceptors (Lipinski definition) is 6. The molecule has 0 spiro atoms. The van der Waals surface area contributed by atoms with E-state index in [2.05, 4.69) is 28.1 Å². The average molecular weight is 645 g/mol. The van der Waals surface area contributed by atoms with Crippen molar-refractivity contribution in [2.45, 2.75) is 120 Å². The molecule has 0 radical (unpaired) electrons. The number of unbranched alkanes of at least 4 members (excludes halogenated alkanes) is 13. The summed E-state index contributed by atoms with van der Waals surface area (Å²) in [6.45, 7) is 7.29. The van der Waals surface area contributed by atoms with Gasteiger partial charge in [-0.05, 0) is 51.0 Å². The highest BCUT2D eigenvalue weighted by atomic mass is 32.2. The number of nitrogens with zero attached hydrogens (tertiary/aromatic N) is 1. The van der Waals surface area contributed by atoms with Crippen LogP contribution in [-0.4, -0.2) is 58.1 Å². The second kappa shape index (κ2) is 23.5. The topological polar surface area (TPSA) is 147 Å². The summed E-state index contributed by atoms with van der Waals surface area (Å²) in [7, 11) is -1.41. The Hall–Kier alpha value is -1.82. The lowest BCUT2D eigenvalue weighted by atomic mass is 10.0. The number of rotatable bonds is 17. The molecular weight excluding hydrogens is 585 g/mol. The van der Waals surface area contributed by atoms with E-state index in [0.29, 0.717) is 0 Å². The van der Waals surface area contributed by atoms with E-state index in [1.54, 1.807) is 24.3 Å². The molecule has 0 aliphatic heterocycles. The Kier molecular flexibility index (Phi) is 23.7. The van der Waals surface area contributed by atoms with Crippen molar-refractivity contribution < 1.29 is 30.4 Å². The largest absolute Gasteiger partial charge is 0.744 e. The van der Waals surface area contributed by atoms with Crippen molar-refractivity contribution >= 4 is 20.2 Å². The second-order valence-electron chi connectivity index (χ2n) is 12.2. The molecular formula is C33H60N2O6S2. The molecule has 2 aromatic rings. The van der Waals surface area contributed by atoms with Gasteiger partial charge < -0.3 is 15.2 Å². The van der Waals surface area contributed by atoms with Gasteiger partial charge in [0, 0.05) is 0 Å². The first-order valence-electron chi connectivity index (χ1n) is 15.4. The molecule has 0 bridgehead atoms. The fourth-order valence-corrected chi connectivity index (χ4v) is 5.15. The van der Waals surface area contributed by atoms with Crippen molar-refractivity contribution in [3.05, 3.63) is 59.7 Å². The number of aryl methyl sites for hydroxylation is 2. The molecule has 0 amide bonds. The first-order chi connectivity index (χ1) is 19.6. The van der Waals surface area contributed by atoms with Crippen LogP contribution in [0.3, 0.4) is 0 Å². The minimum absolute atomic E-state index is 0. The number of quaternary nitrogens is 1. The molecule has 10 heteroatoms. The maximum Gasteiger partial charge on any atom is 0.294 e. The zero-order valence-electron chi connectivity index (χ0n) is 27.7. The van der Waals surface area contributed by atoms with Gasteiger partial charge in [-0.15, -0.1) is 0 Å².